The molecule has 4 rings (SSSR count). The summed E-state index contributed by atoms with van der Waals surface area (Å²) >= 11 is 0. The fourth-order valence-corrected chi connectivity index (χ4v) is 6.39. The first-order chi connectivity index (χ1) is 17.3. The Kier molecular flexibility index (Phi) is 8.46. The van der Waals surface area contributed by atoms with Crippen LogP contribution in [0.2, 0.25) is 0 Å². The standard InChI is InChI=1S/C24H35N3O3.C2HF3O2/c1-5-26-16-20-23(9-10-24(20,17-26)22(29)25(2)3)11-13-27(14-12-23)21(28)18-7-6-8-19(15-18)30-4;3-2(4,5)1(6)7/h6-8,15,20H,5,9-14,16-17H2,1-4H3;(H,6,7)/t20-,24+;/m0./s1. The summed E-state index contributed by atoms with van der Waals surface area (Å²) in [7, 11) is 5.41. The monoisotopic (exact) mass is 527 g/mol. The van der Waals surface area contributed by atoms with Crippen molar-refractivity contribution in [1.82, 2.24) is 14.7 Å². The number of nitrogens with zero attached hydrogens (tertiary/aromatic N) is 3. The molecule has 2 aliphatic heterocycles. The van der Waals surface area contributed by atoms with Crippen LogP contribution in [-0.2, 0) is 9.59 Å². The van der Waals surface area contributed by atoms with Crippen molar-refractivity contribution in [2.45, 2.75) is 38.8 Å². The molecule has 3 fully saturated rings. The predicted octanol–water partition coefficient (Wildman–Crippen LogP) is 3.37. The Balaban J connectivity index is 0.000000479. The molecule has 1 spiro atoms. The van der Waals surface area contributed by atoms with Gasteiger partial charge in [-0.05, 0) is 61.8 Å². The van der Waals surface area contributed by atoms with Crippen molar-refractivity contribution in [3.8, 4) is 5.75 Å². The second kappa shape index (κ2) is 10.9. The summed E-state index contributed by atoms with van der Waals surface area (Å²) in [5, 5.41) is 7.12. The van der Waals surface area contributed by atoms with Gasteiger partial charge in [-0.15, -0.1) is 0 Å². The highest BCUT2D eigenvalue weighted by molar-refractivity contribution is 5.94. The molecule has 1 aromatic rings. The number of amides is 2. The summed E-state index contributed by atoms with van der Waals surface area (Å²) in [5.74, 6) is -1.27. The molecule has 2 atom stereocenters. The molecule has 37 heavy (non-hydrogen) atoms. The molecule has 206 valence electrons. The molecule has 0 unspecified atom stereocenters. The van der Waals surface area contributed by atoms with Gasteiger partial charge in [-0.2, -0.15) is 13.2 Å². The summed E-state index contributed by atoms with van der Waals surface area (Å²) < 4.78 is 37.0. The maximum atomic E-state index is 13.3. The minimum atomic E-state index is -5.08. The van der Waals surface area contributed by atoms with Crippen molar-refractivity contribution < 1.29 is 37.4 Å². The number of hydrogen-bond donors (Lipinski definition) is 1. The van der Waals surface area contributed by atoms with Gasteiger partial charge in [0, 0.05) is 45.8 Å². The molecule has 1 saturated carbocycles. The number of alkyl halides is 3. The second-order valence-electron chi connectivity index (χ2n) is 10.4. The van der Waals surface area contributed by atoms with Crippen molar-refractivity contribution in [3.63, 3.8) is 0 Å². The van der Waals surface area contributed by atoms with Crippen molar-refractivity contribution >= 4 is 17.8 Å². The van der Waals surface area contributed by atoms with E-state index in [9.17, 15) is 22.8 Å². The van der Waals surface area contributed by atoms with Crippen LogP contribution in [-0.4, -0.2) is 97.7 Å². The molecule has 0 radical (unpaired) electrons. The number of carbonyl (C=O) groups is 3. The first-order valence-corrected chi connectivity index (χ1v) is 12.5. The number of piperidine rings is 1. The molecule has 2 amide bonds. The number of rotatable bonds is 4. The fourth-order valence-electron chi connectivity index (χ4n) is 6.39. The number of hydrogen-bond acceptors (Lipinski definition) is 5. The lowest BCUT2D eigenvalue weighted by Crippen LogP contribution is -2.49. The molecule has 1 N–H and O–H groups in total. The van der Waals surface area contributed by atoms with Crippen molar-refractivity contribution in [2.24, 2.45) is 16.7 Å². The molecule has 8 nitrogen and oxygen atoms in total. The number of ether oxygens (including phenoxy) is 1. The van der Waals surface area contributed by atoms with Crippen LogP contribution in [0.1, 0.15) is 43.0 Å². The highest BCUT2D eigenvalue weighted by Gasteiger charge is 2.64. The number of benzene rings is 1. The third-order valence-electron chi connectivity index (χ3n) is 8.31. The second-order valence-corrected chi connectivity index (χ2v) is 10.4. The topological polar surface area (TPSA) is 90.4 Å². The first kappa shape index (κ1) is 28.7. The van der Waals surface area contributed by atoms with Crippen molar-refractivity contribution in [2.75, 3.05) is 53.9 Å². The molecule has 11 heteroatoms. The summed E-state index contributed by atoms with van der Waals surface area (Å²) in [6, 6.07) is 7.41. The molecule has 0 bridgehead atoms. The number of aliphatic carboxylic acids is 1. The third-order valence-corrected chi connectivity index (χ3v) is 8.31. The summed E-state index contributed by atoms with van der Waals surface area (Å²) in [5.41, 5.74) is 0.631. The number of carbonyl (C=O) groups excluding carboxylic acids is 2. The number of likely N-dealkylation sites (tertiary alicyclic amines) is 2. The predicted molar refractivity (Wildman–Crippen MR) is 130 cm³/mol. The van der Waals surface area contributed by atoms with Gasteiger partial charge in [0.15, 0.2) is 0 Å². The molecule has 1 aromatic carbocycles. The van der Waals surface area contributed by atoms with E-state index in [-0.39, 0.29) is 16.7 Å². The SMILES string of the molecule is CCN1C[C@H]2C3(CCN(C(=O)c4cccc(OC)c4)CC3)CC[C@@]2(C(=O)N(C)C)C1.O=C(O)C(F)(F)F. The van der Waals surface area contributed by atoms with Crippen LogP contribution in [0.15, 0.2) is 24.3 Å². The van der Waals surface area contributed by atoms with E-state index < -0.39 is 12.1 Å². The van der Waals surface area contributed by atoms with Crippen LogP contribution in [0.4, 0.5) is 13.2 Å². The van der Waals surface area contributed by atoms with Crippen LogP contribution >= 0.6 is 0 Å². The molecular weight excluding hydrogens is 491 g/mol. The van der Waals surface area contributed by atoms with Crippen LogP contribution in [0, 0.1) is 16.7 Å². The summed E-state index contributed by atoms with van der Waals surface area (Å²) in [6.45, 7) is 6.63. The Morgan fingerprint density at radius 1 is 1.14 bits per heavy atom. The van der Waals surface area contributed by atoms with E-state index in [1.807, 2.05) is 43.3 Å². The lowest BCUT2D eigenvalue weighted by molar-refractivity contribution is -0.192. The van der Waals surface area contributed by atoms with E-state index in [1.165, 1.54) is 0 Å². The Hall–Kier alpha value is -2.82. The van der Waals surface area contributed by atoms with Gasteiger partial charge in [-0.1, -0.05) is 13.0 Å². The van der Waals surface area contributed by atoms with E-state index in [0.29, 0.717) is 23.1 Å². The molecule has 1 aliphatic carbocycles. The quantitative estimate of drug-likeness (QED) is 0.646. The molecular formula is C26H36F3N3O5. The number of carboxylic acid groups (broad SMARTS) is 1. The molecule has 2 heterocycles. The van der Waals surface area contributed by atoms with E-state index in [4.69, 9.17) is 14.6 Å². The maximum Gasteiger partial charge on any atom is 0.490 e. The van der Waals surface area contributed by atoms with Crippen LogP contribution in [0.3, 0.4) is 0 Å². The zero-order chi connectivity index (χ0) is 27.6. The molecule has 0 aromatic heterocycles. The van der Waals surface area contributed by atoms with Gasteiger partial charge in [0.25, 0.3) is 5.91 Å². The van der Waals surface area contributed by atoms with Crippen molar-refractivity contribution in [1.29, 1.82) is 0 Å². The van der Waals surface area contributed by atoms with E-state index in [2.05, 4.69) is 11.8 Å². The molecule has 2 saturated heterocycles. The zero-order valence-corrected chi connectivity index (χ0v) is 21.8. The normalized spacial score (nSPS) is 24.7. The number of carboxylic acids is 1. The summed E-state index contributed by atoms with van der Waals surface area (Å²) in [6.07, 6.45) is -1.01. The number of methoxy groups -OCH3 is 1. The van der Waals surface area contributed by atoms with E-state index >= 15 is 0 Å². The van der Waals surface area contributed by atoms with Crippen LogP contribution in [0.5, 0.6) is 5.75 Å². The van der Waals surface area contributed by atoms with Crippen molar-refractivity contribution in [3.05, 3.63) is 29.8 Å². The Morgan fingerprint density at radius 3 is 2.27 bits per heavy atom. The minimum Gasteiger partial charge on any atom is -0.497 e. The fraction of sp³-hybridized carbons (Fsp3) is 0.654. The Morgan fingerprint density at radius 2 is 1.76 bits per heavy atom. The van der Waals surface area contributed by atoms with E-state index in [1.54, 1.807) is 12.0 Å². The lowest BCUT2D eigenvalue weighted by atomic mass is 9.65. The van der Waals surface area contributed by atoms with Crippen LogP contribution in [0.25, 0.3) is 0 Å². The number of fused-ring (bicyclic) bond motifs is 2. The maximum absolute atomic E-state index is 13.3. The average Bonchev–Trinajstić information content (AvgIpc) is 3.39. The lowest BCUT2D eigenvalue weighted by Gasteiger charge is -2.44. The summed E-state index contributed by atoms with van der Waals surface area (Å²) in [4.78, 5) is 41.5. The zero-order valence-electron chi connectivity index (χ0n) is 21.8. The first-order valence-electron chi connectivity index (χ1n) is 12.5. The highest BCUT2D eigenvalue weighted by atomic mass is 19.4. The highest BCUT2D eigenvalue weighted by Crippen LogP contribution is 2.62. The minimum absolute atomic E-state index is 0.0824. The average molecular weight is 528 g/mol. The van der Waals surface area contributed by atoms with Gasteiger partial charge >= 0.3 is 12.1 Å². The van der Waals surface area contributed by atoms with E-state index in [0.717, 1.165) is 58.4 Å². The van der Waals surface area contributed by atoms with Gasteiger partial charge in [-0.25, -0.2) is 4.79 Å². The Labute approximate surface area is 215 Å². The van der Waals surface area contributed by atoms with Gasteiger partial charge in [0.2, 0.25) is 5.91 Å². The van der Waals surface area contributed by atoms with Gasteiger partial charge in [-0.3, -0.25) is 9.59 Å². The largest absolute Gasteiger partial charge is 0.497 e. The smallest absolute Gasteiger partial charge is 0.490 e. The van der Waals surface area contributed by atoms with Crippen LogP contribution < -0.4 is 4.74 Å². The third kappa shape index (κ3) is 5.71. The molecule has 3 aliphatic rings. The van der Waals surface area contributed by atoms with Gasteiger partial charge < -0.3 is 24.5 Å². The Bertz CT molecular complexity index is 1010. The van der Waals surface area contributed by atoms with Gasteiger partial charge in [0.1, 0.15) is 5.75 Å². The number of halogens is 3. The van der Waals surface area contributed by atoms with Gasteiger partial charge in [0.05, 0.1) is 12.5 Å².